The number of halogens is 5. The van der Waals surface area contributed by atoms with Crippen molar-refractivity contribution in [2.24, 2.45) is 0 Å². The Bertz CT molecular complexity index is 1100. The molecule has 0 saturated carbocycles. The number of hydrogen-bond donors (Lipinski definition) is 2. The maximum Gasteiger partial charge on any atom is 0.491 e. The number of methoxy groups -OCH3 is 1. The van der Waals surface area contributed by atoms with Gasteiger partial charge in [0.05, 0.1) is 19.0 Å². The van der Waals surface area contributed by atoms with Gasteiger partial charge >= 0.3 is 13.3 Å². The maximum atomic E-state index is 14.3. The fourth-order valence-corrected chi connectivity index (χ4v) is 5.74. The average Bonchev–Trinajstić information content (AvgIpc) is 3.30. The maximum absolute atomic E-state index is 14.3. The van der Waals surface area contributed by atoms with E-state index in [1.807, 2.05) is 0 Å². The van der Waals surface area contributed by atoms with Crippen molar-refractivity contribution in [3.05, 3.63) is 53.1 Å². The Morgan fingerprint density at radius 1 is 1.30 bits per heavy atom. The van der Waals surface area contributed by atoms with Gasteiger partial charge in [-0.3, -0.25) is 4.79 Å². The van der Waals surface area contributed by atoms with Gasteiger partial charge < -0.3 is 19.7 Å². The molecule has 1 fully saturated rings. The molecule has 0 bridgehead atoms. The first-order valence-electron chi connectivity index (χ1n) is 9.95. The second-order valence-electron chi connectivity index (χ2n) is 8.13. The molecule has 2 N–H and O–H groups in total. The highest BCUT2D eigenvalue weighted by Gasteiger charge is 2.60. The molecule has 1 amide bonds. The third-order valence-corrected chi connectivity index (χ3v) is 7.69. The lowest BCUT2D eigenvalue weighted by molar-refractivity contribution is -0.155. The van der Waals surface area contributed by atoms with Gasteiger partial charge in [0.1, 0.15) is 4.75 Å². The molecule has 0 aromatic heterocycles. The molecule has 2 heterocycles. The molecule has 5 nitrogen and oxygen atoms in total. The van der Waals surface area contributed by atoms with Crippen molar-refractivity contribution >= 4 is 35.9 Å². The summed E-state index contributed by atoms with van der Waals surface area (Å²) in [6.07, 6.45) is -5.16. The smallest absolute Gasteiger partial charge is 0.491 e. The summed E-state index contributed by atoms with van der Waals surface area (Å²) in [5.41, 5.74) is 1.48. The number of thioether (sulfide) groups is 1. The van der Waals surface area contributed by atoms with Crippen molar-refractivity contribution in [3.63, 3.8) is 0 Å². The fraction of sp³-hybridized carbons (Fsp3) is 0.381. The number of alkyl halides is 3. The van der Waals surface area contributed by atoms with Crippen LogP contribution in [0.1, 0.15) is 30.4 Å². The average molecular weight is 487 g/mol. The first-order chi connectivity index (χ1) is 15.4. The van der Waals surface area contributed by atoms with Gasteiger partial charge in [0.15, 0.2) is 11.6 Å². The lowest BCUT2D eigenvalue weighted by Crippen LogP contribution is -2.37. The number of hydrogen-bond acceptors (Lipinski definition) is 5. The van der Waals surface area contributed by atoms with Crippen LogP contribution < -0.4 is 15.5 Å². The summed E-state index contributed by atoms with van der Waals surface area (Å²) in [5.74, 6) is -4.86. The number of rotatable bonds is 4. The Balaban J connectivity index is 1.68. The van der Waals surface area contributed by atoms with E-state index in [0.717, 1.165) is 26.2 Å². The zero-order valence-corrected chi connectivity index (χ0v) is 18.3. The molecule has 4 rings (SSSR count). The van der Waals surface area contributed by atoms with Gasteiger partial charge in [0.25, 0.3) is 0 Å². The molecular weight excluding hydrogens is 468 g/mol. The first-order valence-corrected chi connectivity index (χ1v) is 10.8. The summed E-state index contributed by atoms with van der Waals surface area (Å²) in [4.78, 5) is 13.1. The van der Waals surface area contributed by atoms with E-state index < -0.39 is 58.9 Å². The zero-order chi connectivity index (χ0) is 24.1. The topological polar surface area (TPSA) is 67.8 Å². The Morgan fingerprint density at radius 3 is 2.70 bits per heavy atom. The van der Waals surface area contributed by atoms with Crippen LogP contribution in [0.4, 0.5) is 27.6 Å². The van der Waals surface area contributed by atoms with Gasteiger partial charge in [0, 0.05) is 17.2 Å². The number of nitrogens with one attached hydrogen (secondary N) is 1. The molecule has 2 aromatic carbocycles. The zero-order valence-electron chi connectivity index (χ0n) is 17.5. The standard InChI is InChI=1S/C21H19BF5NO4S/c1-20(21(25,26)27)8-13(12-4-6-15(23)16(24)17(12)31-2)18(33-20)19(29)28-11-3-5-14-10(7-11)9-32-22(14)30/h3-7,13,18,30H,8-9H2,1-2H3,(H,28,29). The molecule has 33 heavy (non-hydrogen) atoms. The number of benzene rings is 2. The van der Waals surface area contributed by atoms with E-state index in [1.54, 1.807) is 12.1 Å². The Kier molecular flexibility index (Phi) is 6.13. The highest BCUT2D eigenvalue weighted by atomic mass is 32.2. The lowest BCUT2D eigenvalue weighted by Gasteiger charge is -2.26. The predicted octanol–water partition coefficient (Wildman–Crippen LogP) is 3.74. The summed E-state index contributed by atoms with van der Waals surface area (Å²) in [5, 5.41) is 11.1. The van der Waals surface area contributed by atoms with E-state index in [9.17, 15) is 31.8 Å². The Hall–Kier alpha value is -2.31. The third-order valence-electron chi connectivity index (χ3n) is 5.98. The van der Waals surface area contributed by atoms with E-state index in [2.05, 4.69) is 5.32 Å². The molecule has 176 valence electrons. The van der Waals surface area contributed by atoms with Crippen LogP contribution in [0.2, 0.25) is 0 Å². The van der Waals surface area contributed by atoms with Crippen molar-refractivity contribution in [1.82, 2.24) is 0 Å². The number of amides is 1. The van der Waals surface area contributed by atoms with Crippen LogP contribution in [0, 0.1) is 11.6 Å². The minimum Gasteiger partial charge on any atom is -0.493 e. The van der Waals surface area contributed by atoms with Crippen molar-refractivity contribution < 1.29 is 41.2 Å². The summed E-state index contributed by atoms with van der Waals surface area (Å²) in [6, 6.07) is 6.59. The molecule has 0 spiro atoms. The van der Waals surface area contributed by atoms with Gasteiger partial charge in [-0.05, 0) is 42.6 Å². The van der Waals surface area contributed by atoms with Gasteiger partial charge in [0.2, 0.25) is 11.7 Å². The van der Waals surface area contributed by atoms with Crippen LogP contribution in [-0.4, -0.2) is 41.3 Å². The van der Waals surface area contributed by atoms with Crippen molar-refractivity contribution in [2.45, 2.75) is 42.0 Å². The molecule has 12 heteroatoms. The highest BCUT2D eigenvalue weighted by molar-refractivity contribution is 8.02. The SMILES string of the molecule is COc1c(C2CC(C)(C(F)(F)F)SC2C(=O)Nc2ccc3c(c2)COB3O)ccc(F)c1F. The van der Waals surface area contributed by atoms with Crippen molar-refractivity contribution in [2.75, 3.05) is 12.4 Å². The summed E-state index contributed by atoms with van der Waals surface area (Å²) < 4.78 is 77.4. The van der Waals surface area contributed by atoms with Crippen LogP contribution in [0.3, 0.4) is 0 Å². The number of ether oxygens (including phenoxy) is 1. The molecule has 3 atom stereocenters. The second-order valence-corrected chi connectivity index (χ2v) is 9.77. The predicted molar refractivity (Wildman–Crippen MR) is 114 cm³/mol. The summed E-state index contributed by atoms with van der Waals surface area (Å²) in [6.45, 7) is 1.11. The van der Waals surface area contributed by atoms with Gasteiger partial charge in [-0.25, -0.2) is 4.39 Å². The molecule has 0 radical (unpaired) electrons. The molecule has 3 unspecified atom stereocenters. The number of carbonyl (C=O) groups excluding carboxylic acids is 1. The second kappa shape index (κ2) is 8.48. The monoisotopic (exact) mass is 487 g/mol. The molecule has 2 aromatic rings. The van der Waals surface area contributed by atoms with E-state index >= 15 is 0 Å². The molecule has 2 aliphatic rings. The van der Waals surface area contributed by atoms with Crippen molar-refractivity contribution in [3.8, 4) is 5.75 Å². The quantitative estimate of drug-likeness (QED) is 0.509. The number of carbonyl (C=O) groups is 1. The van der Waals surface area contributed by atoms with Crippen LogP contribution in [0.15, 0.2) is 30.3 Å². The summed E-state index contributed by atoms with van der Waals surface area (Å²) >= 11 is 0.432. The lowest BCUT2D eigenvalue weighted by atomic mass is 9.79. The Labute approximate surface area is 190 Å². The van der Waals surface area contributed by atoms with E-state index in [1.165, 1.54) is 6.07 Å². The Morgan fingerprint density at radius 2 is 2.03 bits per heavy atom. The molecule has 2 aliphatic heterocycles. The van der Waals surface area contributed by atoms with Crippen LogP contribution in [-0.2, 0) is 16.1 Å². The highest BCUT2D eigenvalue weighted by Crippen LogP contribution is 2.59. The van der Waals surface area contributed by atoms with E-state index in [0.29, 0.717) is 28.5 Å². The van der Waals surface area contributed by atoms with Gasteiger partial charge in [-0.2, -0.15) is 17.6 Å². The van der Waals surface area contributed by atoms with E-state index in [-0.39, 0.29) is 12.2 Å². The minimum atomic E-state index is -4.64. The van der Waals surface area contributed by atoms with Crippen LogP contribution in [0.25, 0.3) is 0 Å². The molecule has 1 saturated heterocycles. The van der Waals surface area contributed by atoms with Crippen LogP contribution in [0.5, 0.6) is 5.75 Å². The number of fused-ring (bicyclic) bond motifs is 1. The normalized spacial score (nSPS) is 24.7. The fourth-order valence-electron chi connectivity index (χ4n) is 4.20. The molecular formula is C21H19BF5NO4S. The van der Waals surface area contributed by atoms with E-state index in [4.69, 9.17) is 9.39 Å². The van der Waals surface area contributed by atoms with Crippen molar-refractivity contribution in [1.29, 1.82) is 0 Å². The summed E-state index contributed by atoms with van der Waals surface area (Å²) in [7, 11) is 0.00977. The first kappa shape index (κ1) is 23.8. The minimum absolute atomic E-state index is 0.0116. The largest absolute Gasteiger partial charge is 0.493 e. The number of anilines is 1. The third kappa shape index (κ3) is 4.19. The van der Waals surface area contributed by atoms with Gasteiger partial charge in [-0.15, -0.1) is 11.8 Å². The molecule has 0 aliphatic carbocycles. The van der Waals surface area contributed by atoms with Crippen LogP contribution >= 0.6 is 11.8 Å². The van der Waals surface area contributed by atoms with Gasteiger partial charge in [-0.1, -0.05) is 12.1 Å².